The van der Waals surface area contributed by atoms with E-state index >= 15 is 0 Å². The van der Waals surface area contributed by atoms with Gasteiger partial charge in [-0.05, 0) is 99.7 Å². The minimum Gasteiger partial charge on any atom is -0.492 e. The molecule has 0 atom stereocenters. The van der Waals surface area contributed by atoms with Crippen molar-refractivity contribution in [1.29, 1.82) is 0 Å². The molecule has 0 aliphatic carbocycles. The molecule has 6 aromatic rings. The van der Waals surface area contributed by atoms with Gasteiger partial charge < -0.3 is 20.4 Å². The number of carbonyl (C=O) groups is 1. The van der Waals surface area contributed by atoms with E-state index in [1.165, 1.54) is 25.0 Å². The lowest BCUT2D eigenvalue weighted by Gasteiger charge is -2.21. The van der Waals surface area contributed by atoms with Gasteiger partial charge in [0.1, 0.15) is 23.7 Å². The zero-order valence-corrected chi connectivity index (χ0v) is 27.1. The smallest absolute Gasteiger partial charge is 0.224 e. The molecule has 0 bridgehead atoms. The molecule has 250 valence electrons. The number of carbonyl (C=O) groups excluding carboxylic acids is 1. The molecule has 8 rings (SSSR count). The summed E-state index contributed by atoms with van der Waals surface area (Å²) in [6.07, 6.45) is 8.34. The maximum atomic E-state index is 14.8. The summed E-state index contributed by atoms with van der Waals surface area (Å²) in [7, 11) is 0. The average Bonchev–Trinajstić information content (AvgIpc) is 3.88. The number of nitrogens with one attached hydrogen (secondary N) is 4. The van der Waals surface area contributed by atoms with Crippen LogP contribution in [0, 0.1) is 11.7 Å². The number of amides is 1. The fourth-order valence-corrected chi connectivity index (χ4v) is 6.91. The van der Waals surface area contributed by atoms with Crippen molar-refractivity contribution in [1.82, 2.24) is 40.3 Å². The van der Waals surface area contributed by atoms with Gasteiger partial charge in [0.2, 0.25) is 5.91 Å². The van der Waals surface area contributed by atoms with E-state index < -0.39 is 0 Å². The first-order valence-electron chi connectivity index (χ1n) is 17.0. The van der Waals surface area contributed by atoms with E-state index in [4.69, 9.17) is 14.7 Å². The summed E-state index contributed by atoms with van der Waals surface area (Å²) < 4.78 is 20.8. The number of H-pyrrole nitrogens is 2. The monoisotopic (exact) mass is 659 g/mol. The maximum Gasteiger partial charge on any atom is 0.224 e. The van der Waals surface area contributed by atoms with Crippen LogP contribution >= 0.6 is 0 Å². The highest BCUT2D eigenvalue weighted by molar-refractivity contribution is 5.97. The molecule has 0 spiro atoms. The van der Waals surface area contributed by atoms with E-state index in [0.29, 0.717) is 64.2 Å². The highest BCUT2D eigenvalue weighted by atomic mass is 19.1. The number of likely N-dealkylation sites (tertiary alicyclic amines) is 1. The Kier molecular flexibility index (Phi) is 8.71. The molecule has 2 aliphatic heterocycles. The maximum absolute atomic E-state index is 14.8. The molecule has 2 saturated heterocycles. The Morgan fingerprint density at radius 1 is 0.959 bits per heavy atom. The van der Waals surface area contributed by atoms with Crippen molar-refractivity contribution in [2.45, 2.75) is 32.1 Å². The van der Waals surface area contributed by atoms with E-state index in [-0.39, 0.29) is 11.7 Å². The lowest BCUT2D eigenvalue weighted by atomic mass is 9.94. The van der Waals surface area contributed by atoms with Crippen LogP contribution in [0.1, 0.15) is 32.1 Å². The third-order valence-corrected chi connectivity index (χ3v) is 9.45. The Morgan fingerprint density at radius 2 is 1.84 bits per heavy atom. The molecule has 0 saturated carbocycles. The minimum absolute atomic E-state index is 0.00449. The molecule has 1 amide bonds. The molecular weight excluding hydrogens is 621 g/mol. The van der Waals surface area contributed by atoms with Gasteiger partial charge in [0.15, 0.2) is 11.5 Å². The number of rotatable bonds is 10. The number of aromatic nitrogens is 6. The second kappa shape index (κ2) is 13.7. The van der Waals surface area contributed by atoms with Gasteiger partial charge in [0.05, 0.1) is 34.1 Å². The van der Waals surface area contributed by atoms with Crippen LogP contribution < -0.4 is 15.4 Å². The van der Waals surface area contributed by atoms with Gasteiger partial charge in [-0.15, -0.1) is 0 Å². The highest BCUT2D eigenvalue weighted by Gasteiger charge is 2.20. The Balaban J connectivity index is 1.05. The summed E-state index contributed by atoms with van der Waals surface area (Å²) in [5, 5.41) is 14.0. The number of nitrogens with zero attached hydrogens (tertiary/aromatic N) is 5. The number of halogens is 1. The number of fused-ring (bicyclic) bond motifs is 2. The highest BCUT2D eigenvalue weighted by Crippen LogP contribution is 2.34. The summed E-state index contributed by atoms with van der Waals surface area (Å²) in [5.74, 6) is 1.06. The van der Waals surface area contributed by atoms with Crippen LogP contribution in [0.25, 0.3) is 56.0 Å². The van der Waals surface area contributed by atoms with Gasteiger partial charge in [0.25, 0.3) is 0 Å². The van der Waals surface area contributed by atoms with Crippen molar-refractivity contribution in [3.05, 3.63) is 72.8 Å². The Hall–Kier alpha value is -5.20. The molecule has 2 aliphatic rings. The minimum atomic E-state index is -0.364. The number of ether oxygens (including phenoxy) is 1. The number of para-hydroxylation sites is 1. The number of benzene rings is 2. The Labute approximate surface area is 282 Å². The third kappa shape index (κ3) is 6.87. The summed E-state index contributed by atoms with van der Waals surface area (Å²) >= 11 is 0. The van der Waals surface area contributed by atoms with Gasteiger partial charge in [-0.3, -0.25) is 19.8 Å². The molecule has 49 heavy (non-hydrogen) atoms. The van der Waals surface area contributed by atoms with Crippen molar-refractivity contribution in [2.75, 3.05) is 44.6 Å². The molecule has 4 aromatic heterocycles. The van der Waals surface area contributed by atoms with E-state index in [0.717, 1.165) is 67.7 Å². The molecule has 0 radical (unpaired) electrons. The van der Waals surface area contributed by atoms with E-state index in [2.05, 4.69) is 35.7 Å². The number of anilines is 1. The molecule has 12 heteroatoms. The third-order valence-electron chi connectivity index (χ3n) is 9.45. The molecular formula is C37H38FN9O2. The van der Waals surface area contributed by atoms with Crippen molar-refractivity contribution in [2.24, 2.45) is 5.92 Å². The standard InChI is InChI=1S/C37H38FN9O2/c38-26-17-24(19-28(20-26)49-15-14-47-12-1-2-13-47)29-4-3-5-31-34(29)44-37(43-31)36-35-32(45-46-36)7-6-30(42-35)25-18-27(22-40-21-25)41-33(48)16-23-8-10-39-11-9-23/h3-7,17-23,39H,1-2,8-16H2,(H,41,48)(H,43,44)(H,45,46). The average molecular weight is 660 g/mol. The van der Waals surface area contributed by atoms with Crippen LogP contribution in [0.5, 0.6) is 5.75 Å². The van der Waals surface area contributed by atoms with Crippen LogP contribution in [0.15, 0.2) is 67.0 Å². The fourth-order valence-electron chi connectivity index (χ4n) is 6.91. The number of pyridine rings is 2. The summed E-state index contributed by atoms with van der Waals surface area (Å²) in [6.45, 7) is 5.43. The first kappa shape index (κ1) is 31.1. The van der Waals surface area contributed by atoms with E-state index in [1.54, 1.807) is 12.4 Å². The second-order valence-electron chi connectivity index (χ2n) is 12.9. The Bertz CT molecular complexity index is 2110. The predicted octanol–water partition coefficient (Wildman–Crippen LogP) is 6.17. The van der Waals surface area contributed by atoms with Crippen LogP contribution in [0.2, 0.25) is 0 Å². The van der Waals surface area contributed by atoms with Crippen molar-refractivity contribution < 1.29 is 13.9 Å². The van der Waals surface area contributed by atoms with E-state index in [1.807, 2.05) is 42.5 Å². The topological polar surface area (TPSA) is 137 Å². The fraction of sp³-hybridized carbons (Fsp3) is 0.324. The predicted molar refractivity (Wildman–Crippen MR) is 188 cm³/mol. The summed E-state index contributed by atoms with van der Waals surface area (Å²) in [5.41, 5.74) is 6.98. The van der Waals surface area contributed by atoms with Crippen LogP contribution in [0.4, 0.5) is 10.1 Å². The SMILES string of the molecule is O=C(CC1CCNCC1)Nc1cncc(-c2ccc3[nH]nc(-c4nc5c(-c6cc(F)cc(OCCN7CCCC7)c6)cccc5[nH]4)c3n2)c1. The second-order valence-corrected chi connectivity index (χ2v) is 12.9. The zero-order chi connectivity index (χ0) is 33.2. The molecule has 4 N–H and O–H groups in total. The molecule has 11 nitrogen and oxygen atoms in total. The number of hydrogen-bond donors (Lipinski definition) is 4. The lowest BCUT2D eigenvalue weighted by Crippen LogP contribution is -2.30. The Morgan fingerprint density at radius 3 is 2.71 bits per heavy atom. The quantitative estimate of drug-likeness (QED) is 0.137. The van der Waals surface area contributed by atoms with Crippen LogP contribution in [0.3, 0.4) is 0 Å². The largest absolute Gasteiger partial charge is 0.492 e. The number of imidazole rings is 1. The van der Waals surface area contributed by atoms with Crippen LogP contribution in [-0.4, -0.2) is 80.3 Å². The summed E-state index contributed by atoms with van der Waals surface area (Å²) in [4.78, 5) is 32.8. The molecule has 2 fully saturated rings. The first-order chi connectivity index (χ1) is 24.1. The van der Waals surface area contributed by atoms with Crippen molar-refractivity contribution >= 4 is 33.7 Å². The number of aromatic amines is 2. The van der Waals surface area contributed by atoms with Gasteiger partial charge in [-0.2, -0.15) is 5.10 Å². The summed E-state index contributed by atoms with van der Waals surface area (Å²) in [6, 6.07) is 16.3. The van der Waals surface area contributed by atoms with Crippen LogP contribution in [-0.2, 0) is 4.79 Å². The normalized spacial score (nSPS) is 15.7. The molecule has 0 unspecified atom stereocenters. The van der Waals surface area contributed by atoms with Crippen molar-refractivity contribution in [3.63, 3.8) is 0 Å². The molecule has 6 heterocycles. The lowest BCUT2D eigenvalue weighted by molar-refractivity contribution is -0.117. The van der Waals surface area contributed by atoms with Gasteiger partial charge in [-0.25, -0.2) is 14.4 Å². The molecule has 2 aromatic carbocycles. The van der Waals surface area contributed by atoms with E-state index in [9.17, 15) is 9.18 Å². The van der Waals surface area contributed by atoms with Gasteiger partial charge in [-0.1, -0.05) is 12.1 Å². The zero-order valence-electron chi connectivity index (χ0n) is 27.1. The van der Waals surface area contributed by atoms with Gasteiger partial charge in [0, 0.05) is 36.4 Å². The van der Waals surface area contributed by atoms with Crippen molar-refractivity contribution in [3.8, 4) is 39.7 Å². The first-order valence-corrected chi connectivity index (χ1v) is 17.0. The number of hydrogen-bond acceptors (Lipinski definition) is 8. The number of piperidine rings is 1. The van der Waals surface area contributed by atoms with Gasteiger partial charge >= 0.3 is 0 Å².